The number of imidazole rings is 1. The van der Waals surface area contributed by atoms with E-state index in [1.54, 1.807) is 6.07 Å². The average Bonchev–Trinajstić information content (AvgIpc) is 2.80. The molecule has 3 rings (SSSR count). The quantitative estimate of drug-likeness (QED) is 0.647. The molecule has 108 valence electrons. The molecule has 0 bridgehead atoms. The van der Waals surface area contributed by atoms with Crippen molar-refractivity contribution in [1.82, 2.24) is 15.0 Å². The van der Waals surface area contributed by atoms with Crippen molar-refractivity contribution in [3.8, 4) is 11.4 Å². The topological polar surface area (TPSA) is 41.6 Å². The van der Waals surface area contributed by atoms with E-state index in [1.165, 1.54) is 12.3 Å². The number of benzene rings is 1. The van der Waals surface area contributed by atoms with E-state index >= 15 is 0 Å². The molecular formula is C13H6BrF4N3. The number of hydrogen-bond acceptors (Lipinski definition) is 2. The highest BCUT2D eigenvalue weighted by molar-refractivity contribution is 9.10. The maximum atomic E-state index is 14.1. The molecule has 0 amide bonds. The molecule has 3 aromatic rings. The lowest BCUT2D eigenvalue weighted by Crippen LogP contribution is -2.08. The summed E-state index contributed by atoms with van der Waals surface area (Å²) in [7, 11) is 0. The highest BCUT2D eigenvalue weighted by Crippen LogP contribution is 2.35. The summed E-state index contributed by atoms with van der Waals surface area (Å²) in [5, 5.41) is 0. The van der Waals surface area contributed by atoms with E-state index < -0.39 is 17.6 Å². The van der Waals surface area contributed by atoms with Gasteiger partial charge in [-0.05, 0) is 34.1 Å². The summed E-state index contributed by atoms with van der Waals surface area (Å²) >= 11 is 3.22. The SMILES string of the molecule is Fc1c(-c2nc3ncc(Br)cc3[nH]2)cccc1C(F)(F)F. The van der Waals surface area contributed by atoms with E-state index in [2.05, 4.69) is 30.9 Å². The Morgan fingerprint density at radius 3 is 2.67 bits per heavy atom. The van der Waals surface area contributed by atoms with Gasteiger partial charge < -0.3 is 4.98 Å². The monoisotopic (exact) mass is 359 g/mol. The molecule has 2 heterocycles. The minimum absolute atomic E-state index is 0.000741. The van der Waals surface area contributed by atoms with Gasteiger partial charge in [0.05, 0.1) is 16.6 Å². The maximum absolute atomic E-state index is 14.1. The molecule has 0 aliphatic heterocycles. The molecule has 0 saturated heterocycles. The third-order valence-electron chi connectivity index (χ3n) is 2.86. The van der Waals surface area contributed by atoms with Crippen molar-refractivity contribution in [2.24, 2.45) is 0 Å². The van der Waals surface area contributed by atoms with Crippen LogP contribution in [-0.2, 0) is 6.18 Å². The van der Waals surface area contributed by atoms with Crippen LogP contribution in [0.15, 0.2) is 34.9 Å². The van der Waals surface area contributed by atoms with Crippen molar-refractivity contribution in [3.63, 3.8) is 0 Å². The largest absolute Gasteiger partial charge is 0.419 e. The molecule has 8 heteroatoms. The smallest absolute Gasteiger partial charge is 0.336 e. The van der Waals surface area contributed by atoms with Crippen molar-refractivity contribution in [3.05, 3.63) is 46.3 Å². The number of nitrogens with zero attached hydrogens (tertiary/aromatic N) is 2. The van der Waals surface area contributed by atoms with Gasteiger partial charge >= 0.3 is 6.18 Å². The van der Waals surface area contributed by atoms with Crippen LogP contribution in [0.2, 0.25) is 0 Å². The second kappa shape index (κ2) is 4.80. The first-order valence-electron chi connectivity index (χ1n) is 5.73. The first-order valence-corrected chi connectivity index (χ1v) is 6.53. The summed E-state index contributed by atoms with van der Waals surface area (Å²) in [5.74, 6) is -1.36. The molecule has 0 radical (unpaired) electrons. The number of alkyl halides is 3. The second-order valence-corrected chi connectivity index (χ2v) is 5.19. The normalized spacial score (nSPS) is 12.0. The Bertz CT molecular complexity index is 826. The van der Waals surface area contributed by atoms with Crippen LogP contribution in [0.5, 0.6) is 0 Å². The number of pyridine rings is 1. The van der Waals surface area contributed by atoms with Gasteiger partial charge in [-0.25, -0.2) is 14.4 Å². The van der Waals surface area contributed by atoms with E-state index in [-0.39, 0.29) is 11.4 Å². The molecule has 0 unspecified atom stereocenters. The van der Waals surface area contributed by atoms with Crippen LogP contribution in [-0.4, -0.2) is 15.0 Å². The first kappa shape index (κ1) is 14.0. The third-order valence-corrected chi connectivity index (χ3v) is 3.30. The maximum Gasteiger partial charge on any atom is 0.419 e. The highest BCUT2D eigenvalue weighted by Gasteiger charge is 2.35. The summed E-state index contributed by atoms with van der Waals surface area (Å²) in [6.07, 6.45) is -3.26. The molecule has 2 aromatic heterocycles. The van der Waals surface area contributed by atoms with Crippen LogP contribution in [0.3, 0.4) is 0 Å². The molecule has 1 N–H and O–H groups in total. The molecule has 1 aromatic carbocycles. The lowest BCUT2D eigenvalue weighted by atomic mass is 10.1. The molecule has 0 fully saturated rings. The zero-order valence-corrected chi connectivity index (χ0v) is 11.8. The van der Waals surface area contributed by atoms with Gasteiger partial charge in [-0.1, -0.05) is 6.07 Å². The fraction of sp³-hybridized carbons (Fsp3) is 0.0769. The van der Waals surface area contributed by atoms with Crippen LogP contribution < -0.4 is 0 Å². The average molecular weight is 360 g/mol. The van der Waals surface area contributed by atoms with Crippen molar-refractivity contribution in [2.75, 3.05) is 0 Å². The molecule has 3 nitrogen and oxygen atoms in total. The van der Waals surface area contributed by atoms with E-state index in [0.717, 1.165) is 6.07 Å². The minimum Gasteiger partial charge on any atom is -0.336 e. The lowest BCUT2D eigenvalue weighted by molar-refractivity contribution is -0.139. The molecule has 0 saturated carbocycles. The molecular weight excluding hydrogens is 354 g/mol. The summed E-state index contributed by atoms with van der Waals surface area (Å²) < 4.78 is 52.9. The van der Waals surface area contributed by atoms with Gasteiger partial charge in [0, 0.05) is 10.7 Å². The number of halogens is 5. The standard InChI is InChI=1S/C13H6BrF4N3/c14-6-4-9-12(19-5-6)21-11(20-9)7-2-1-3-8(10(7)15)13(16,17)18/h1-5H,(H,19,20,21). The van der Waals surface area contributed by atoms with Gasteiger partial charge in [0.15, 0.2) is 5.65 Å². The molecule has 0 aliphatic rings. The van der Waals surface area contributed by atoms with Crippen LogP contribution in [0.1, 0.15) is 5.56 Å². The van der Waals surface area contributed by atoms with E-state index in [4.69, 9.17) is 0 Å². The molecule has 0 atom stereocenters. The van der Waals surface area contributed by atoms with Gasteiger partial charge in [-0.2, -0.15) is 13.2 Å². The summed E-state index contributed by atoms with van der Waals surface area (Å²) in [5.41, 5.74) is -0.783. The lowest BCUT2D eigenvalue weighted by Gasteiger charge is -2.09. The summed E-state index contributed by atoms with van der Waals surface area (Å²) in [6, 6.07) is 4.72. The second-order valence-electron chi connectivity index (χ2n) is 4.27. The van der Waals surface area contributed by atoms with Gasteiger partial charge in [-0.3, -0.25) is 0 Å². The summed E-state index contributed by atoms with van der Waals surface area (Å²) in [4.78, 5) is 10.8. The number of aromatic nitrogens is 3. The number of H-pyrrole nitrogens is 1. The first-order chi connectivity index (χ1) is 9.86. The van der Waals surface area contributed by atoms with Crippen molar-refractivity contribution < 1.29 is 17.6 Å². The Morgan fingerprint density at radius 1 is 1.19 bits per heavy atom. The summed E-state index contributed by atoms with van der Waals surface area (Å²) in [6.45, 7) is 0. The number of aromatic amines is 1. The van der Waals surface area contributed by atoms with Crippen molar-refractivity contribution in [1.29, 1.82) is 0 Å². The number of rotatable bonds is 1. The van der Waals surface area contributed by atoms with E-state index in [0.29, 0.717) is 21.7 Å². The number of fused-ring (bicyclic) bond motifs is 1. The van der Waals surface area contributed by atoms with E-state index in [1.807, 2.05) is 0 Å². The Kier molecular flexibility index (Phi) is 3.20. The Morgan fingerprint density at radius 2 is 1.95 bits per heavy atom. The highest BCUT2D eigenvalue weighted by atomic mass is 79.9. The third kappa shape index (κ3) is 2.51. The molecule has 0 aliphatic carbocycles. The van der Waals surface area contributed by atoms with Crippen LogP contribution in [0, 0.1) is 5.82 Å². The Hall–Kier alpha value is -1.96. The Labute approximate surface area is 124 Å². The number of hydrogen-bond donors (Lipinski definition) is 1. The fourth-order valence-corrected chi connectivity index (χ4v) is 2.27. The van der Waals surface area contributed by atoms with Crippen LogP contribution in [0.4, 0.5) is 17.6 Å². The predicted octanol–water partition coefficient (Wildman–Crippen LogP) is 4.55. The van der Waals surface area contributed by atoms with Gasteiger partial charge in [0.25, 0.3) is 0 Å². The van der Waals surface area contributed by atoms with E-state index in [9.17, 15) is 17.6 Å². The fourth-order valence-electron chi connectivity index (χ4n) is 1.94. The minimum atomic E-state index is -4.76. The zero-order valence-electron chi connectivity index (χ0n) is 10.2. The zero-order chi connectivity index (χ0) is 15.2. The van der Waals surface area contributed by atoms with Gasteiger partial charge in [0.1, 0.15) is 11.6 Å². The van der Waals surface area contributed by atoms with Crippen LogP contribution >= 0.6 is 15.9 Å². The molecule has 21 heavy (non-hydrogen) atoms. The number of nitrogens with one attached hydrogen (secondary N) is 1. The van der Waals surface area contributed by atoms with Gasteiger partial charge in [-0.15, -0.1) is 0 Å². The van der Waals surface area contributed by atoms with Crippen molar-refractivity contribution >= 4 is 27.1 Å². The Balaban J connectivity index is 2.19. The van der Waals surface area contributed by atoms with Gasteiger partial charge in [0.2, 0.25) is 0 Å². The van der Waals surface area contributed by atoms with Crippen molar-refractivity contribution in [2.45, 2.75) is 6.18 Å². The molecule has 0 spiro atoms. The predicted molar refractivity (Wildman–Crippen MR) is 72.0 cm³/mol. The van der Waals surface area contributed by atoms with Crippen LogP contribution in [0.25, 0.3) is 22.6 Å².